The second kappa shape index (κ2) is 10.9. The maximum absolute atomic E-state index is 12.8. The molecule has 0 radical (unpaired) electrons. The van der Waals surface area contributed by atoms with E-state index in [-0.39, 0.29) is 17.4 Å². The van der Waals surface area contributed by atoms with Crippen LogP contribution in [0.5, 0.6) is 5.75 Å². The highest BCUT2D eigenvalue weighted by molar-refractivity contribution is 9.10. The molecule has 2 fully saturated rings. The van der Waals surface area contributed by atoms with Crippen molar-refractivity contribution in [3.05, 3.63) is 67.4 Å². The first-order chi connectivity index (χ1) is 15.9. The summed E-state index contributed by atoms with van der Waals surface area (Å²) in [6.45, 7) is 2.02. The van der Waals surface area contributed by atoms with E-state index in [9.17, 15) is 14.4 Å². The van der Waals surface area contributed by atoms with Crippen LogP contribution in [0.2, 0.25) is 0 Å². The molecule has 0 spiro atoms. The molecule has 33 heavy (non-hydrogen) atoms. The van der Waals surface area contributed by atoms with Gasteiger partial charge in [0.05, 0.1) is 22.6 Å². The van der Waals surface area contributed by atoms with E-state index in [0.717, 1.165) is 36.7 Å². The topological polar surface area (TPSA) is 76.2 Å². The van der Waals surface area contributed by atoms with Crippen molar-refractivity contribution in [2.24, 2.45) is 0 Å². The Morgan fingerprint density at radius 3 is 2.52 bits per heavy atom. The lowest BCUT2D eigenvalue weighted by atomic mass is 10.2. The minimum absolute atomic E-state index is 0.253. The maximum atomic E-state index is 12.8. The van der Waals surface area contributed by atoms with Gasteiger partial charge in [-0.25, -0.2) is 0 Å². The molecular weight excluding hydrogens is 576 g/mol. The smallest absolute Gasteiger partial charge is 0.294 e. The van der Waals surface area contributed by atoms with Crippen molar-refractivity contribution in [1.82, 2.24) is 9.80 Å². The molecule has 2 aliphatic rings. The summed E-state index contributed by atoms with van der Waals surface area (Å²) in [4.78, 5) is 40.5. The number of thioether (sulfide) groups is 1. The Hall–Kier alpha value is -2.14. The average molecular weight is 596 g/mol. The minimum atomic E-state index is -0.460. The molecule has 4 rings (SSSR count). The van der Waals surface area contributed by atoms with E-state index >= 15 is 0 Å². The summed E-state index contributed by atoms with van der Waals surface area (Å²) in [5.74, 6) is -0.0468. The number of hydrogen-bond acceptors (Lipinski definition) is 6. The third kappa shape index (κ3) is 6.06. The predicted octanol–water partition coefficient (Wildman–Crippen LogP) is 4.69. The van der Waals surface area contributed by atoms with Gasteiger partial charge in [-0.05, 0) is 69.2 Å². The summed E-state index contributed by atoms with van der Waals surface area (Å²) in [6, 6.07) is 13.3. The molecule has 10 heteroatoms. The fourth-order valence-corrected chi connectivity index (χ4v) is 4.91. The van der Waals surface area contributed by atoms with Gasteiger partial charge in [0.1, 0.15) is 18.9 Å². The molecule has 2 saturated heterocycles. The van der Waals surface area contributed by atoms with Crippen LogP contribution in [0.15, 0.2) is 56.3 Å². The van der Waals surface area contributed by atoms with Crippen molar-refractivity contribution < 1.29 is 23.9 Å². The molecule has 3 amide bonds. The molecule has 0 aliphatic carbocycles. The SMILES string of the molecule is O=C(CN1C(=O)S/C(=C/c2ccc(OCc3ccc(Br)cc3)c(Br)c2)C1=O)N1CCOCC1. The van der Waals surface area contributed by atoms with Crippen molar-refractivity contribution in [3.63, 3.8) is 0 Å². The van der Waals surface area contributed by atoms with Gasteiger partial charge in [-0.1, -0.05) is 34.1 Å². The van der Waals surface area contributed by atoms with E-state index in [2.05, 4.69) is 31.9 Å². The van der Waals surface area contributed by atoms with Crippen molar-refractivity contribution in [2.75, 3.05) is 32.8 Å². The third-order valence-corrected chi connectivity index (χ3v) is 7.15. The van der Waals surface area contributed by atoms with Gasteiger partial charge in [0.25, 0.3) is 11.1 Å². The van der Waals surface area contributed by atoms with Crippen LogP contribution in [-0.2, 0) is 20.9 Å². The highest BCUT2D eigenvalue weighted by Crippen LogP contribution is 2.34. The summed E-state index contributed by atoms with van der Waals surface area (Å²) in [6.07, 6.45) is 1.65. The van der Waals surface area contributed by atoms with Gasteiger partial charge in [-0.3, -0.25) is 19.3 Å². The fourth-order valence-electron chi connectivity index (χ4n) is 3.30. The zero-order valence-corrected chi connectivity index (χ0v) is 21.4. The lowest BCUT2D eigenvalue weighted by molar-refractivity contribution is -0.139. The normalized spacial score (nSPS) is 17.7. The Kier molecular flexibility index (Phi) is 7.90. The van der Waals surface area contributed by atoms with Gasteiger partial charge >= 0.3 is 0 Å². The van der Waals surface area contributed by atoms with Crippen LogP contribution in [-0.4, -0.2) is 59.7 Å². The van der Waals surface area contributed by atoms with E-state index in [1.165, 1.54) is 0 Å². The van der Waals surface area contributed by atoms with Gasteiger partial charge in [-0.2, -0.15) is 0 Å². The molecule has 7 nitrogen and oxygen atoms in total. The molecule has 172 valence electrons. The van der Waals surface area contributed by atoms with Crippen LogP contribution in [0.25, 0.3) is 6.08 Å². The van der Waals surface area contributed by atoms with Crippen LogP contribution in [0.1, 0.15) is 11.1 Å². The summed E-state index contributed by atoms with van der Waals surface area (Å²) in [7, 11) is 0. The number of carbonyl (C=O) groups is 3. The maximum Gasteiger partial charge on any atom is 0.294 e. The Balaban J connectivity index is 1.40. The zero-order valence-electron chi connectivity index (χ0n) is 17.5. The summed E-state index contributed by atoms with van der Waals surface area (Å²) >= 11 is 7.75. The first-order valence-corrected chi connectivity index (χ1v) is 12.6. The molecule has 0 saturated carbocycles. The van der Waals surface area contributed by atoms with E-state index in [4.69, 9.17) is 9.47 Å². The third-order valence-electron chi connectivity index (χ3n) is 5.09. The lowest BCUT2D eigenvalue weighted by Crippen LogP contribution is -2.46. The quantitative estimate of drug-likeness (QED) is 0.451. The van der Waals surface area contributed by atoms with Gasteiger partial charge in [-0.15, -0.1) is 0 Å². The van der Waals surface area contributed by atoms with Crippen LogP contribution in [0.4, 0.5) is 4.79 Å². The minimum Gasteiger partial charge on any atom is -0.488 e. The highest BCUT2D eigenvalue weighted by Gasteiger charge is 2.37. The first-order valence-electron chi connectivity index (χ1n) is 10.2. The van der Waals surface area contributed by atoms with E-state index in [1.54, 1.807) is 17.0 Å². The zero-order chi connectivity index (χ0) is 23.4. The largest absolute Gasteiger partial charge is 0.488 e. The second-order valence-electron chi connectivity index (χ2n) is 7.37. The summed E-state index contributed by atoms with van der Waals surface area (Å²) in [5, 5.41) is -0.443. The molecule has 0 N–H and O–H groups in total. The average Bonchev–Trinajstić information content (AvgIpc) is 3.07. The molecule has 0 atom stereocenters. The number of amides is 3. The molecule has 2 aliphatic heterocycles. The Morgan fingerprint density at radius 1 is 1.09 bits per heavy atom. The van der Waals surface area contributed by atoms with Gasteiger partial charge in [0, 0.05) is 17.6 Å². The molecule has 0 aromatic heterocycles. The lowest BCUT2D eigenvalue weighted by Gasteiger charge is -2.28. The summed E-state index contributed by atoms with van der Waals surface area (Å²) in [5.41, 5.74) is 1.78. The van der Waals surface area contributed by atoms with E-state index in [1.807, 2.05) is 36.4 Å². The van der Waals surface area contributed by atoms with Gasteiger partial charge in [0.2, 0.25) is 5.91 Å². The molecule has 0 bridgehead atoms. The number of hydrogen-bond donors (Lipinski definition) is 0. The van der Waals surface area contributed by atoms with E-state index in [0.29, 0.717) is 38.7 Å². The van der Waals surface area contributed by atoms with Crippen molar-refractivity contribution in [1.29, 1.82) is 0 Å². The van der Waals surface area contributed by atoms with Crippen molar-refractivity contribution >= 4 is 66.8 Å². The molecule has 0 unspecified atom stereocenters. The van der Waals surface area contributed by atoms with Crippen LogP contribution in [0, 0.1) is 0 Å². The molecule has 2 aromatic carbocycles. The number of rotatable bonds is 6. The predicted molar refractivity (Wildman–Crippen MR) is 133 cm³/mol. The molecular formula is C23H20Br2N2O5S. The van der Waals surface area contributed by atoms with Crippen LogP contribution < -0.4 is 4.74 Å². The number of morpholine rings is 1. The summed E-state index contributed by atoms with van der Waals surface area (Å²) < 4.78 is 12.9. The Bertz CT molecular complexity index is 1100. The van der Waals surface area contributed by atoms with Gasteiger partial charge in [0.15, 0.2) is 0 Å². The number of nitrogens with zero attached hydrogens (tertiary/aromatic N) is 2. The first kappa shape index (κ1) is 24.0. The number of halogens is 2. The van der Waals surface area contributed by atoms with Crippen molar-refractivity contribution in [3.8, 4) is 5.75 Å². The van der Waals surface area contributed by atoms with Crippen LogP contribution >= 0.6 is 43.6 Å². The Morgan fingerprint density at radius 2 is 1.82 bits per heavy atom. The van der Waals surface area contributed by atoms with Gasteiger partial charge < -0.3 is 14.4 Å². The highest BCUT2D eigenvalue weighted by atomic mass is 79.9. The fraction of sp³-hybridized carbons (Fsp3) is 0.261. The number of carbonyl (C=O) groups excluding carboxylic acids is 3. The number of imide groups is 1. The Labute approximate surface area is 212 Å². The standard InChI is InChI=1S/C23H20Br2N2O5S/c24-17-4-1-15(2-5-17)14-32-19-6-3-16(11-18(19)25)12-20-22(29)27(23(30)33-20)13-21(28)26-7-9-31-10-8-26/h1-6,11-12H,7-10,13-14H2/b20-12+. The molecule has 2 heterocycles. The monoisotopic (exact) mass is 594 g/mol. The van der Waals surface area contributed by atoms with Crippen LogP contribution in [0.3, 0.4) is 0 Å². The molecule has 2 aromatic rings. The second-order valence-corrected chi connectivity index (χ2v) is 10.1. The van der Waals surface area contributed by atoms with Crippen molar-refractivity contribution in [2.45, 2.75) is 6.61 Å². The van der Waals surface area contributed by atoms with E-state index < -0.39 is 11.1 Å². The number of benzene rings is 2. The number of ether oxygens (including phenoxy) is 2.